The normalized spacial score (nSPS) is 17.4. The molecule has 1 aliphatic heterocycles. The molecule has 0 spiro atoms. The molecule has 4 nitrogen and oxygen atoms in total. The predicted molar refractivity (Wildman–Crippen MR) is 101 cm³/mol. The quantitative estimate of drug-likeness (QED) is 0.853. The van der Waals surface area contributed by atoms with Crippen molar-refractivity contribution in [1.29, 1.82) is 0 Å². The summed E-state index contributed by atoms with van der Waals surface area (Å²) in [7, 11) is 0. The SMILES string of the molecule is Cc1cccc(C(C)C)c1NC(=O)N1CCO[C@@H](c2ccc(F)cc2)C1. The molecule has 2 aromatic carbocycles. The van der Waals surface area contributed by atoms with Crippen molar-refractivity contribution >= 4 is 11.7 Å². The highest BCUT2D eigenvalue weighted by atomic mass is 19.1. The Bertz CT molecular complexity index is 774. The molecule has 1 atom stereocenters. The molecule has 2 amide bonds. The number of hydrogen-bond acceptors (Lipinski definition) is 2. The van der Waals surface area contributed by atoms with Gasteiger partial charge in [-0.1, -0.05) is 44.2 Å². The maximum absolute atomic E-state index is 13.1. The minimum atomic E-state index is -0.278. The van der Waals surface area contributed by atoms with E-state index in [9.17, 15) is 9.18 Å². The summed E-state index contributed by atoms with van der Waals surface area (Å²) in [5, 5.41) is 3.08. The van der Waals surface area contributed by atoms with Gasteiger partial charge in [-0.2, -0.15) is 0 Å². The fourth-order valence-electron chi connectivity index (χ4n) is 3.24. The molecule has 2 aromatic rings. The van der Waals surface area contributed by atoms with Crippen LogP contribution in [0.25, 0.3) is 0 Å². The van der Waals surface area contributed by atoms with Crippen molar-refractivity contribution in [1.82, 2.24) is 4.90 Å². The molecule has 1 heterocycles. The average Bonchev–Trinajstić information content (AvgIpc) is 2.64. The number of morpholine rings is 1. The van der Waals surface area contributed by atoms with Crippen LogP contribution >= 0.6 is 0 Å². The van der Waals surface area contributed by atoms with Crippen LogP contribution in [-0.4, -0.2) is 30.6 Å². The lowest BCUT2D eigenvalue weighted by atomic mass is 9.98. The minimum Gasteiger partial charge on any atom is -0.370 e. The molecule has 5 heteroatoms. The third kappa shape index (κ3) is 4.05. The number of urea groups is 1. The zero-order chi connectivity index (χ0) is 18.7. The van der Waals surface area contributed by atoms with Crippen molar-refractivity contribution in [3.63, 3.8) is 0 Å². The first-order valence-corrected chi connectivity index (χ1v) is 8.98. The van der Waals surface area contributed by atoms with Crippen LogP contribution in [0, 0.1) is 12.7 Å². The molecule has 0 unspecified atom stereocenters. The number of halogens is 1. The number of hydrogen-bond donors (Lipinski definition) is 1. The van der Waals surface area contributed by atoms with E-state index in [1.54, 1.807) is 17.0 Å². The largest absolute Gasteiger partial charge is 0.370 e. The lowest BCUT2D eigenvalue weighted by molar-refractivity contribution is -0.0135. The molecule has 0 aromatic heterocycles. The van der Waals surface area contributed by atoms with Gasteiger partial charge >= 0.3 is 6.03 Å². The van der Waals surface area contributed by atoms with Gasteiger partial charge in [-0.05, 0) is 41.7 Å². The van der Waals surface area contributed by atoms with Gasteiger partial charge in [-0.25, -0.2) is 9.18 Å². The van der Waals surface area contributed by atoms with Crippen LogP contribution < -0.4 is 5.32 Å². The van der Waals surface area contributed by atoms with Gasteiger partial charge in [0.05, 0.1) is 13.2 Å². The molecule has 0 saturated carbocycles. The number of benzene rings is 2. The molecule has 3 rings (SSSR count). The Morgan fingerprint density at radius 1 is 1.23 bits per heavy atom. The van der Waals surface area contributed by atoms with E-state index in [2.05, 4.69) is 19.2 Å². The summed E-state index contributed by atoms with van der Waals surface area (Å²) in [6.07, 6.45) is -0.239. The molecule has 1 aliphatic rings. The molecular formula is C21H25FN2O2. The number of anilines is 1. The van der Waals surface area contributed by atoms with Crippen LogP contribution in [0.1, 0.15) is 42.6 Å². The van der Waals surface area contributed by atoms with E-state index in [4.69, 9.17) is 4.74 Å². The fraction of sp³-hybridized carbons (Fsp3) is 0.381. The molecule has 1 N–H and O–H groups in total. The number of para-hydroxylation sites is 1. The Labute approximate surface area is 154 Å². The highest BCUT2D eigenvalue weighted by Gasteiger charge is 2.26. The van der Waals surface area contributed by atoms with E-state index < -0.39 is 0 Å². The fourth-order valence-corrected chi connectivity index (χ4v) is 3.24. The first-order valence-electron chi connectivity index (χ1n) is 8.98. The van der Waals surface area contributed by atoms with E-state index in [1.807, 2.05) is 25.1 Å². The second-order valence-electron chi connectivity index (χ2n) is 6.98. The Kier molecular flexibility index (Phi) is 5.57. The molecule has 26 heavy (non-hydrogen) atoms. The van der Waals surface area contributed by atoms with Crippen LogP contribution in [0.2, 0.25) is 0 Å². The van der Waals surface area contributed by atoms with Gasteiger partial charge in [0.25, 0.3) is 0 Å². The molecule has 138 valence electrons. The van der Waals surface area contributed by atoms with E-state index in [0.29, 0.717) is 25.6 Å². The van der Waals surface area contributed by atoms with Crippen molar-refractivity contribution < 1.29 is 13.9 Å². The van der Waals surface area contributed by atoms with Crippen molar-refractivity contribution in [2.45, 2.75) is 32.8 Å². The van der Waals surface area contributed by atoms with Gasteiger partial charge in [0, 0.05) is 12.2 Å². The summed E-state index contributed by atoms with van der Waals surface area (Å²) >= 11 is 0. The molecule has 0 radical (unpaired) electrons. The Morgan fingerprint density at radius 2 is 1.96 bits per heavy atom. The standard InChI is InChI=1S/C21H25FN2O2/c1-14(2)18-6-4-5-15(3)20(18)23-21(25)24-11-12-26-19(13-24)16-7-9-17(22)10-8-16/h4-10,14,19H,11-13H2,1-3H3,(H,23,25)/t19-/m1/s1. The van der Waals surface area contributed by atoms with E-state index in [-0.39, 0.29) is 18.0 Å². The number of nitrogens with one attached hydrogen (secondary N) is 1. The zero-order valence-corrected chi connectivity index (χ0v) is 15.5. The van der Waals surface area contributed by atoms with E-state index in [0.717, 1.165) is 22.4 Å². The van der Waals surface area contributed by atoms with Crippen LogP contribution in [0.5, 0.6) is 0 Å². The Hall–Kier alpha value is -2.40. The topological polar surface area (TPSA) is 41.6 Å². The summed E-state index contributed by atoms with van der Waals surface area (Å²) in [5.74, 6) is 0.0433. The van der Waals surface area contributed by atoms with Crippen LogP contribution in [0.3, 0.4) is 0 Å². The summed E-state index contributed by atoms with van der Waals surface area (Å²) in [5.41, 5.74) is 3.94. The highest BCUT2D eigenvalue weighted by Crippen LogP contribution is 2.28. The van der Waals surface area contributed by atoms with Crippen LogP contribution in [0.15, 0.2) is 42.5 Å². The van der Waals surface area contributed by atoms with Gasteiger partial charge in [-0.15, -0.1) is 0 Å². The minimum absolute atomic E-state index is 0.128. The third-order valence-corrected chi connectivity index (χ3v) is 4.75. The van der Waals surface area contributed by atoms with E-state index in [1.165, 1.54) is 12.1 Å². The van der Waals surface area contributed by atoms with E-state index >= 15 is 0 Å². The average molecular weight is 356 g/mol. The number of nitrogens with zero attached hydrogens (tertiary/aromatic N) is 1. The smallest absolute Gasteiger partial charge is 0.322 e. The predicted octanol–water partition coefficient (Wildman–Crippen LogP) is 4.86. The molecule has 1 fully saturated rings. The number of carbonyl (C=O) groups is 1. The lowest BCUT2D eigenvalue weighted by Gasteiger charge is -2.33. The summed E-state index contributed by atoms with van der Waals surface area (Å²) in [4.78, 5) is 14.6. The molecular weight excluding hydrogens is 331 g/mol. The first kappa shape index (κ1) is 18.4. The lowest BCUT2D eigenvalue weighted by Crippen LogP contribution is -2.44. The van der Waals surface area contributed by atoms with Crippen molar-refractivity contribution in [2.75, 3.05) is 25.0 Å². The molecule has 0 aliphatic carbocycles. The number of rotatable bonds is 3. The van der Waals surface area contributed by atoms with Gasteiger partial charge in [0.1, 0.15) is 11.9 Å². The number of aryl methyl sites for hydroxylation is 1. The maximum atomic E-state index is 13.1. The second kappa shape index (κ2) is 7.87. The number of amides is 2. The number of carbonyl (C=O) groups excluding carboxylic acids is 1. The van der Waals surface area contributed by atoms with Gasteiger partial charge in [-0.3, -0.25) is 0 Å². The van der Waals surface area contributed by atoms with Gasteiger partial charge < -0.3 is 15.0 Å². The first-order chi connectivity index (χ1) is 12.5. The molecule has 0 bridgehead atoms. The zero-order valence-electron chi connectivity index (χ0n) is 15.5. The Morgan fingerprint density at radius 3 is 2.65 bits per heavy atom. The van der Waals surface area contributed by atoms with Crippen molar-refractivity contribution in [3.05, 3.63) is 65.0 Å². The summed E-state index contributed by atoms with van der Waals surface area (Å²) in [6.45, 7) is 7.67. The van der Waals surface area contributed by atoms with Crippen LogP contribution in [0.4, 0.5) is 14.9 Å². The number of ether oxygens (including phenoxy) is 1. The van der Waals surface area contributed by atoms with Gasteiger partial charge in [0.15, 0.2) is 0 Å². The second-order valence-corrected chi connectivity index (χ2v) is 6.98. The summed E-state index contributed by atoms with van der Waals surface area (Å²) < 4.78 is 18.9. The monoisotopic (exact) mass is 356 g/mol. The summed E-state index contributed by atoms with van der Waals surface area (Å²) in [6, 6.07) is 12.2. The van der Waals surface area contributed by atoms with Gasteiger partial charge in [0.2, 0.25) is 0 Å². The van der Waals surface area contributed by atoms with Crippen molar-refractivity contribution in [3.8, 4) is 0 Å². The maximum Gasteiger partial charge on any atom is 0.322 e. The van der Waals surface area contributed by atoms with Crippen LogP contribution in [-0.2, 0) is 4.74 Å². The highest BCUT2D eigenvalue weighted by molar-refractivity contribution is 5.91. The van der Waals surface area contributed by atoms with Crippen molar-refractivity contribution in [2.24, 2.45) is 0 Å². The third-order valence-electron chi connectivity index (χ3n) is 4.75. The Balaban J connectivity index is 1.73. The molecule has 1 saturated heterocycles.